The van der Waals surface area contributed by atoms with Crippen LogP contribution in [0.1, 0.15) is 19.8 Å². The van der Waals surface area contributed by atoms with Gasteiger partial charge >= 0.3 is 0 Å². The molecule has 0 radical (unpaired) electrons. The van der Waals surface area contributed by atoms with Gasteiger partial charge in [-0.05, 0) is 37.2 Å². The normalized spacial score (nSPS) is 21.1. The highest BCUT2D eigenvalue weighted by atomic mass is 32.2. The summed E-state index contributed by atoms with van der Waals surface area (Å²) in [4.78, 5) is 16.0. The number of carbonyl (C=O) groups excluding carboxylic acids is 1. The summed E-state index contributed by atoms with van der Waals surface area (Å²) in [5.41, 5.74) is 0.780. The highest BCUT2D eigenvalue weighted by molar-refractivity contribution is 7.89. The van der Waals surface area contributed by atoms with E-state index in [1.54, 1.807) is 33.5 Å². The largest absolute Gasteiger partial charge is 0.312 e. The summed E-state index contributed by atoms with van der Waals surface area (Å²) in [6, 6.07) is 6.70. The second kappa shape index (κ2) is 6.59. The first-order chi connectivity index (χ1) is 11.0. The van der Waals surface area contributed by atoms with Gasteiger partial charge in [0.2, 0.25) is 15.9 Å². The van der Waals surface area contributed by atoms with Crippen LogP contribution in [-0.4, -0.2) is 62.8 Å². The van der Waals surface area contributed by atoms with Crippen molar-refractivity contribution in [1.29, 1.82) is 0 Å². The Hall–Kier alpha value is -1.44. The fourth-order valence-electron chi connectivity index (χ4n) is 3.15. The van der Waals surface area contributed by atoms with Crippen LogP contribution in [-0.2, 0) is 14.8 Å². The third-order valence-electron chi connectivity index (χ3n) is 4.64. The topological polar surface area (TPSA) is 60.9 Å². The Morgan fingerprint density at radius 3 is 2.17 bits per heavy atom. The van der Waals surface area contributed by atoms with Crippen LogP contribution in [0.25, 0.3) is 0 Å². The van der Waals surface area contributed by atoms with Crippen molar-refractivity contribution in [2.75, 3.05) is 44.2 Å². The number of carbonyl (C=O) groups is 1. The minimum absolute atomic E-state index is 0.108. The minimum atomic E-state index is -3.44. The maximum Gasteiger partial charge on any atom is 0.243 e. The van der Waals surface area contributed by atoms with Crippen molar-refractivity contribution in [2.45, 2.75) is 24.7 Å². The van der Waals surface area contributed by atoms with E-state index >= 15 is 0 Å². The van der Waals surface area contributed by atoms with Gasteiger partial charge in [-0.15, -0.1) is 0 Å². The van der Waals surface area contributed by atoms with Crippen molar-refractivity contribution >= 4 is 21.6 Å². The lowest BCUT2D eigenvalue weighted by Gasteiger charge is -2.33. The molecule has 1 amide bonds. The molecule has 0 aromatic heterocycles. The van der Waals surface area contributed by atoms with Crippen LogP contribution in [0.15, 0.2) is 29.2 Å². The fraction of sp³-hybridized carbons (Fsp3) is 0.562. The quantitative estimate of drug-likeness (QED) is 0.827. The van der Waals surface area contributed by atoms with Gasteiger partial charge in [0.15, 0.2) is 0 Å². The number of anilines is 1. The standard InChI is InChI=1S/C16H23N3O3S/c1-2-17-10-12-18(13-11-17)23(21,22)15-7-5-14(6-8-15)19-9-3-4-16(19)20/h5-8H,2-4,9-13H2,1H3. The maximum atomic E-state index is 12.7. The van der Waals surface area contributed by atoms with Gasteiger partial charge in [-0.2, -0.15) is 4.31 Å². The first-order valence-corrected chi connectivity index (χ1v) is 9.59. The first-order valence-electron chi connectivity index (χ1n) is 8.15. The number of sulfonamides is 1. The zero-order valence-corrected chi connectivity index (χ0v) is 14.3. The number of nitrogens with zero attached hydrogens (tertiary/aromatic N) is 3. The van der Waals surface area contributed by atoms with E-state index in [1.165, 1.54) is 0 Å². The van der Waals surface area contributed by atoms with E-state index in [0.717, 1.165) is 31.7 Å². The number of benzene rings is 1. The van der Waals surface area contributed by atoms with Gasteiger partial charge in [-0.1, -0.05) is 6.92 Å². The Morgan fingerprint density at radius 2 is 1.65 bits per heavy atom. The van der Waals surface area contributed by atoms with E-state index < -0.39 is 10.0 Å². The third kappa shape index (κ3) is 3.27. The number of amides is 1. The molecule has 2 heterocycles. The molecule has 3 rings (SSSR count). The highest BCUT2D eigenvalue weighted by Crippen LogP contribution is 2.24. The number of hydrogen-bond donors (Lipinski definition) is 0. The van der Waals surface area contributed by atoms with Crippen LogP contribution in [0.5, 0.6) is 0 Å². The van der Waals surface area contributed by atoms with E-state index in [-0.39, 0.29) is 5.91 Å². The van der Waals surface area contributed by atoms with Crippen LogP contribution in [0, 0.1) is 0 Å². The second-order valence-corrected chi connectivity index (χ2v) is 7.92. The maximum absolute atomic E-state index is 12.7. The van der Waals surface area contributed by atoms with Gasteiger partial charge in [-0.3, -0.25) is 4.79 Å². The van der Waals surface area contributed by atoms with Crippen LogP contribution >= 0.6 is 0 Å². The molecule has 126 valence electrons. The van der Waals surface area contributed by atoms with Crippen molar-refractivity contribution in [2.24, 2.45) is 0 Å². The van der Waals surface area contributed by atoms with Crippen LogP contribution in [0.2, 0.25) is 0 Å². The molecule has 2 saturated heterocycles. The number of piperazine rings is 1. The summed E-state index contributed by atoms with van der Waals surface area (Å²) in [6.07, 6.45) is 1.43. The molecule has 1 aromatic rings. The molecule has 0 bridgehead atoms. The summed E-state index contributed by atoms with van der Waals surface area (Å²) in [5.74, 6) is 0.108. The van der Waals surface area contributed by atoms with Gasteiger partial charge in [0.25, 0.3) is 0 Å². The third-order valence-corrected chi connectivity index (χ3v) is 6.55. The summed E-state index contributed by atoms with van der Waals surface area (Å²) < 4.78 is 27.0. The second-order valence-electron chi connectivity index (χ2n) is 5.98. The van der Waals surface area contributed by atoms with E-state index in [1.807, 2.05) is 0 Å². The molecule has 0 spiro atoms. The van der Waals surface area contributed by atoms with Crippen LogP contribution < -0.4 is 4.90 Å². The summed E-state index contributed by atoms with van der Waals surface area (Å²) in [5, 5.41) is 0. The smallest absolute Gasteiger partial charge is 0.243 e. The van der Waals surface area contributed by atoms with E-state index in [4.69, 9.17) is 0 Å². The van der Waals surface area contributed by atoms with Gasteiger partial charge in [0.1, 0.15) is 0 Å². The zero-order valence-electron chi connectivity index (χ0n) is 13.4. The number of rotatable bonds is 4. The Kier molecular flexibility index (Phi) is 4.70. The predicted molar refractivity (Wildman–Crippen MR) is 88.9 cm³/mol. The lowest BCUT2D eigenvalue weighted by atomic mass is 10.3. The fourth-order valence-corrected chi connectivity index (χ4v) is 4.58. The molecule has 2 aliphatic heterocycles. The molecular formula is C16H23N3O3S. The Morgan fingerprint density at radius 1 is 1.00 bits per heavy atom. The molecular weight excluding hydrogens is 314 g/mol. The van der Waals surface area contributed by atoms with Crippen molar-refractivity contribution in [3.8, 4) is 0 Å². The summed E-state index contributed by atoms with van der Waals surface area (Å²) in [7, 11) is -3.44. The highest BCUT2D eigenvalue weighted by Gasteiger charge is 2.28. The Labute approximate surface area is 137 Å². The monoisotopic (exact) mass is 337 g/mol. The van der Waals surface area contributed by atoms with Gasteiger partial charge < -0.3 is 9.80 Å². The Bertz CT molecular complexity index is 664. The molecule has 0 N–H and O–H groups in total. The van der Waals surface area contributed by atoms with Gasteiger partial charge in [-0.25, -0.2) is 8.42 Å². The van der Waals surface area contributed by atoms with E-state index in [2.05, 4.69) is 11.8 Å². The zero-order chi connectivity index (χ0) is 16.4. The molecule has 2 aliphatic rings. The Balaban J connectivity index is 1.74. The molecule has 0 atom stereocenters. The van der Waals surface area contributed by atoms with Crippen molar-refractivity contribution in [3.63, 3.8) is 0 Å². The molecule has 0 saturated carbocycles. The van der Waals surface area contributed by atoms with Gasteiger partial charge in [0.05, 0.1) is 4.90 Å². The van der Waals surface area contributed by atoms with Crippen molar-refractivity contribution < 1.29 is 13.2 Å². The molecule has 2 fully saturated rings. The lowest BCUT2D eigenvalue weighted by molar-refractivity contribution is -0.117. The molecule has 0 aliphatic carbocycles. The SMILES string of the molecule is CCN1CCN(S(=O)(=O)c2ccc(N3CCCC3=O)cc2)CC1. The van der Waals surface area contributed by atoms with E-state index in [9.17, 15) is 13.2 Å². The molecule has 0 unspecified atom stereocenters. The van der Waals surface area contributed by atoms with Crippen molar-refractivity contribution in [3.05, 3.63) is 24.3 Å². The minimum Gasteiger partial charge on any atom is -0.312 e. The first kappa shape index (κ1) is 16.4. The van der Waals surface area contributed by atoms with Gasteiger partial charge in [0, 0.05) is 44.8 Å². The average molecular weight is 337 g/mol. The molecule has 23 heavy (non-hydrogen) atoms. The molecule has 1 aromatic carbocycles. The van der Waals surface area contributed by atoms with E-state index in [0.29, 0.717) is 31.0 Å². The predicted octanol–water partition coefficient (Wildman–Crippen LogP) is 1.14. The number of likely N-dealkylation sites (N-methyl/N-ethyl adjacent to an activating group) is 1. The number of hydrogen-bond acceptors (Lipinski definition) is 4. The lowest BCUT2D eigenvalue weighted by Crippen LogP contribution is -2.48. The van der Waals surface area contributed by atoms with Crippen LogP contribution in [0.4, 0.5) is 5.69 Å². The summed E-state index contributed by atoms with van der Waals surface area (Å²) in [6.45, 7) is 6.36. The average Bonchev–Trinajstić information content (AvgIpc) is 3.01. The van der Waals surface area contributed by atoms with Crippen molar-refractivity contribution in [1.82, 2.24) is 9.21 Å². The molecule has 7 heteroatoms. The summed E-state index contributed by atoms with van der Waals surface area (Å²) >= 11 is 0. The van der Waals surface area contributed by atoms with Crippen LogP contribution in [0.3, 0.4) is 0 Å². The molecule has 6 nitrogen and oxygen atoms in total.